The Morgan fingerprint density at radius 3 is 2.23 bits per heavy atom. The SMILES string of the molecule is Cc1ccc(C)n1-c1ccc(C(=O)OCC(=O)Nc2cccc3ccccc23)cc1. The van der Waals surface area contributed by atoms with Gasteiger partial charge in [0.25, 0.3) is 5.91 Å². The molecule has 0 aliphatic carbocycles. The highest BCUT2D eigenvalue weighted by molar-refractivity contribution is 6.03. The highest BCUT2D eigenvalue weighted by Gasteiger charge is 2.12. The fourth-order valence-electron chi connectivity index (χ4n) is 3.56. The van der Waals surface area contributed by atoms with Crippen molar-refractivity contribution in [2.24, 2.45) is 0 Å². The van der Waals surface area contributed by atoms with Crippen LogP contribution < -0.4 is 5.32 Å². The van der Waals surface area contributed by atoms with Crippen LogP contribution in [0, 0.1) is 13.8 Å². The molecule has 0 aliphatic heterocycles. The third kappa shape index (κ3) is 3.96. The van der Waals surface area contributed by atoms with Gasteiger partial charge in [-0.2, -0.15) is 0 Å². The van der Waals surface area contributed by atoms with E-state index in [0.717, 1.165) is 27.8 Å². The zero-order valence-electron chi connectivity index (χ0n) is 16.9. The van der Waals surface area contributed by atoms with Gasteiger partial charge in [0.1, 0.15) is 0 Å². The van der Waals surface area contributed by atoms with Gasteiger partial charge in [-0.25, -0.2) is 4.79 Å². The van der Waals surface area contributed by atoms with Gasteiger partial charge in [0.05, 0.1) is 5.56 Å². The lowest BCUT2D eigenvalue weighted by atomic mass is 10.1. The van der Waals surface area contributed by atoms with E-state index in [1.165, 1.54) is 0 Å². The molecule has 1 amide bonds. The number of aryl methyl sites for hydroxylation is 2. The monoisotopic (exact) mass is 398 g/mol. The Morgan fingerprint density at radius 1 is 0.833 bits per heavy atom. The van der Waals surface area contributed by atoms with Crippen LogP contribution in [-0.2, 0) is 9.53 Å². The molecule has 1 N–H and O–H groups in total. The normalized spacial score (nSPS) is 10.7. The lowest BCUT2D eigenvalue weighted by molar-refractivity contribution is -0.119. The molecule has 0 saturated heterocycles. The van der Waals surface area contributed by atoms with Crippen LogP contribution >= 0.6 is 0 Å². The Hall–Kier alpha value is -3.86. The average molecular weight is 398 g/mol. The van der Waals surface area contributed by atoms with Gasteiger partial charge < -0.3 is 14.6 Å². The molecule has 150 valence electrons. The first-order valence-corrected chi connectivity index (χ1v) is 9.73. The summed E-state index contributed by atoms with van der Waals surface area (Å²) in [7, 11) is 0. The highest BCUT2D eigenvalue weighted by atomic mass is 16.5. The predicted molar refractivity (Wildman–Crippen MR) is 118 cm³/mol. The van der Waals surface area contributed by atoms with E-state index in [-0.39, 0.29) is 12.5 Å². The van der Waals surface area contributed by atoms with E-state index in [9.17, 15) is 9.59 Å². The second-order valence-electron chi connectivity index (χ2n) is 7.15. The molecular weight excluding hydrogens is 376 g/mol. The van der Waals surface area contributed by atoms with Crippen molar-refractivity contribution in [3.8, 4) is 5.69 Å². The molecule has 1 heterocycles. The molecule has 0 atom stereocenters. The van der Waals surface area contributed by atoms with Crippen molar-refractivity contribution >= 4 is 28.3 Å². The van der Waals surface area contributed by atoms with E-state index in [1.807, 2.05) is 80.6 Å². The van der Waals surface area contributed by atoms with Crippen molar-refractivity contribution < 1.29 is 14.3 Å². The van der Waals surface area contributed by atoms with E-state index in [4.69, 9.17) is 4.74 Å². The van der Waals surface area contributed by atoms with Gasteiger partial charge >= 0.3 is 5.97 Å². The van der Waals surface area contributed by atoms with Crippen molar-refractivity contribution in [1.29, 1.82) is 0 Å². The zero-order valence-corrected chi connectivity index (χ0v) is 16.9. The van der Waals surface area contributed by atoms with Crippen LogP contribution in [0.4, 0.5) is 5.69 Å². The summed E-state index contributed by atoms with van der Waals surface area (Å²) in [6.45, 7) is 3.72. The van der Waals surface area contributed by atoms with Crippen LogP contribution in [0.25, 0.3) is 16.5 Å². The van der Waals surface area contributed by atoms with Crippen LogP contribution in [0.15, 0.2) is 78.9 Å². The van der Waals surface area contributed by atoms with Crippen LogP contribution in [0.2, 0.25) is 0 Å². The molecule has 4 rings (SSSR count). The first-order valence-electron chi connectivity index (χ1n) is 9.73. The van der Waals surface area contributed by atoms with Crippen LogP contribution in [0.5, 0.6) is 0 Å². The van der Waals surface area contributed by atoms with Gasteiger partial charge in [0.15, 0.2) is 6.61 Å². The lowest BCUT2D eigenvalue weighted by Crippen LogP contribution is -2.21. The predicted octanol–water partition coefficient (Wildman–Crippen LogP) is 5.04. The maximum atomic E-state index is 12.3. The summed E-state index contributed by atoms with van der Waals surface area (Å²) >= 11 is 0. The number of anilines is 1. The number of aromatic nitrogens is 1. The van der Waals surface area contributed by atoms with Crippen molar-refractivity contribution in [2.45, 2.75) is 13.8 Å². The summed E-state index contributed by atoms with van der Waals surface area (Å²) < 4.78 is 7.30. The standard InChI is InChI=1S/C25H22N2O3/c1-17-10-11-18(2)27(17)21-14-12-20(13-15-21)25(29)30-16-24(28)26-23-9-5-7-19-6-3-4-8-22(19)23/h3-15H,16H2,1-2H3,(H,26,28). The molecule has 0 unspecified atom stereocenters. The second kappa shape index (κ2) is 8.25. The van der Waals surface area contributed by atoms with Crippen molar-refractivity contribution in [3.63, 3.8) is 0 Å². The molecular formula is C25H22N2O3. The van der Waals surface area contributed by atoms with Crippen molar-refractivity contribution in [2.75, 3.05) is 11.9 Å². The van der Waals surface area contributed by atoms with Gasteiger partial charge in [-0.1, -0.05) is 36.4 Å². The number of nitrogens with one attached hydrogen (secondary N) is 1. The quantitative estimate of drug-likeness (QED) is 0.479. The summed E-state index contributed by atoms with van der Waals surface area (Å²) in [4.78, 5) is 24.6. The third-order valence-corrected chi connectivity index (χ3v) is 5.03. The Kier molecular flexibility index (Phi) is 5.35. The lowest BCUT2D eigenvalue weighted by Gasteiger charge is -2.11. The minimum atomic E-state index is -0.532. The smallest absolute Gasteiger partial charge is 0.338 e. The molecule has 1 aromatic heterocycles. The number of carbonyl (C=O) groups excluding carboxylic acids is 2. The zero-order chi connectivity index (χ0) is 21.1. The second-order valence-corrected chi connectivity index (χ2v) is 7.15. The van der Waals surface area contributed by atoms with E-state index >= 15 is 0 Å². The number of esters is 1. The molecule has 0 fully saturated rings. The average Bonchev–Trinajstić information content (AvgIpc) is 3.10. The summed E-state index contributed by atoms with van der Waals surface area (Å²) in [5, 5.41) is 4.78. The number of carbonyl (C=O) groups is 2. The molecule has 3 aromatic carbocycles. The maximum absolute atomic E-state index is 12.3. The number of ether oxygens (including phenoxy) is 1. The molecule has 5 nitrogen and oxygen atoms in total. The number of hydrogen-bond donors (Lipinski definition) is 1. The number of fused-ring (bicyclic) bond motifs is 1. The number of nitrogens with zero attached hydrogens (tertiary/aromatic N) is 1. The van der Waals surface area contributed by atoms with Gasteiger partial charge in [-0.05, 0) is 61.7 Å². The van der Waals surface area contributed by atoms with Crippen molar-refractivity contribution in [1.82, 2.24) is 4.57 Å². The van der Waals surface area contributed by atoms with Crippen LogP contribution in [0.3, 0.4) is 0 Å². The van der Waals surface area contributed by atoms with Crippen LogP contribution in [0.1, 0.15) is 21.7 Å². The molecule has 0 aliphatic rings. The molecule has 0 spiro atoms. The number of hydrogen-bond acceptors (Lipinski definition) is 3. The first-order chi connectivity index (χ1) is 14.5. The molecule has 0 bridgehead atoms. The molecule has 30 heavy (non-hydrogen) atoms. The molecule has 0 radical (unpaired) electrons. The number of amides is 1. The van der Waals surface area contributed by atoms with E-state index in [0.29, 0.717) is 11.3 Å². The summed E-state index contributed by atoms with van der Waals surface area (Å²) in [6, 6.07) is 24.7. The van der Waals surface area contributed by atoms with Gasteiger partial charge in [0, 0.05) is 28.1 Å². The Balaban J connectivity index is 1.39. The van der Waals surface area contributed by atoms with Crippen LogP contribution in [-0.4, -0.2) is 23.1 Å². The fourth-order valence-corrected chi connectivity index (χ4v) is 3.56. The van der Waals surface area contributed by atoms with E-state index in [1.54, 1.807) is 12.1 Å². The molecule has 4 aromatic rings. The van der Waals surface area contributed by atoms with E-state index < -0.39 is 5.97 Å². The summed E-state index contributed by atoms with van der Waals surface area (Å²) in [6.07, 6.45) is 0. The fraction of sp³-hybridized carbons (Fsp3) is 0.120. The van der Waals surface area contributed by atoms with Gasteiger partial charge in [0.2, 0.25) is 0 Å². The van der Waals surface area contributed by atoms with E-state index in [2.05, 4.69) is 9.88 Å². The van der Waals surface area contributed by atoms with Crippen molar-refractivity contribution in [3.05, 3.63) is 95.8 Å². The van der Waals surface area contributed by atoms with Gasteiger partial charge in [-0.3, -0.25) is 4.79 Å². The Labute approximate surface area is 174 Å². The highest BCUT2D eigenvalue weighted by Crippen LogP contribution is 2.23. The molecule has 5 heteroatoms. The number of rotatable bonds is 5. The Bertz CT molecular complexity index is 1200. The third-order valence-electron chi connectivity index (χ3n) is 5.03. The minimum absolute atomic E-state index is 0.348. The topological polar surface area (TPSA) is 60.3 Å². The Morgan fingerprint density at radius 2 is 1.50 bits per heavy atom. The maximum Gasteiger partial charge on any atom is 0.338 e. The summed E-state index contributed by atoms with van der Waals surface area (Å²) in [5.41, 5.74) is 4.30. The first kappa shape index (κ1) is 19.5. The largest absolute Gasteiger partial charge is 0.452 e. The number of benzene rings is 3. The molecule has 0 saturated carbocycles. The summed E-state index contributed by atoms with van der Waals surface area (Å²) in [5.74, 6) is -0.912. The van der Waals surface area contributed by atoms with Gasteiger partial charge in [-0.15, -0.1) is 0 Å². The minimum Gasteiger partial charge on any atom is -0.452 e.